The molecule has 0 heterocycles. The van der Waals surface area contributed by atoms with Crippen molar-refractivity contribution in [2.45, 2.75) is 58.3 Å². The van der Waals surface area contributed by atoms with Gasteiger partial charge in [-0.05, 0) is 70.6 Å². The van der Waals surface area contributed by atoms with Gasteiger partial charge in [-0.15, -0.1) is 0 Å². The monoisotopic (exact) mass is 366 g/mol. The zero-order valence-electron chi connectivity index (χ0n) is 16.7. The molecule has 142 valence electrons. The Kier molecular flexibility index (Phi) is 4.54. The van der Waals surface area contributed by atoms with Crippen LogP contribution in [-0.4, -0.2) is 11.1 Å². The summed E-state index contributed by atoms with van der Waals surface area (Å²) in [5.41, 5.74) is 5.67. The van der Waals surface area contributed by atoms with Gasteiger partial charge in [0, 0.05) is 5.56 Å². The number of rotatable bonds is 3. The molecular weight excluding hydrogens is 339 g/mol. The van der Waals surface area contributed by atoms with E-state index >= 15 is 0 Å². The van der Waals surface area contributed by atoms with E-state index in [1.807, 2.05) is 6.92 Å². The standard InChI is InChI=1S/C24H27FO2/c1-14-11-19-20(24(5,6)10-9-23(19,3)4)13-18(14)15(2)17-8-7-16(22(26)27)12-21(17)25/h7-8,11-13H,2,9-10H2,1,3-6H3,(H,26,27). The van der Waals surface area contributed by atoms with Gasteiger partial charge >= 0.3 is 5.97 Å². The molecule has 0 spiro atoms. The van der Waals surface area contributed by atoms with Gasteiger partial charge in [-0.1, -0.05) is 52.5 Å². The molecule has 0 aromatic heterocycles. The number of aryl methyl sites for hydroxylation is 1. The Labute approximate surface area is 160 Å². The first-order valence-electron chi connectivity index (χ1n) is 9.32. The van der Waals surface area contributed by atoms with Gasteiger partial charge in [0.25, 0.3) is 0 Å². The molecule has 0 saturated heterocycles. The fourth-order valence-corrected chi connectivity index (χ4v) is 4.09. The van der Waals surface area contributed by atoms with Gasteiger partial charge < -0.3 is 5.11 Å². The van der Waals surface area contributed by atoms with Crippen LogP contribution in [0.5, 0.6) is 0 Å². The number of hydrogen-bond donors (Lipinski definition) is 1. The average Bonchev–Trinajstić information content (AvgIpc) is 2.58. The summed E-state index contributed by atoms with van der Waals surface area (Å²) in [6.07, 6.45) is 2.24. The van der Waals surface area contributed by atoms with Gasteiger partial charge in [-0.2, -0.15) is 0 Å². The zero-order valence-corrected chi connectivity index (χ0v) is 16.7. The maximum Gasteiger partial charge on any atom is 0.335 e. The van der Waals surface area contributed by atoms with E-state index in [2.05, 4.69) is 46.4 Å². The molecule has 0 bridgehead atoms. The van der Waals surface area contributed by atoms with E-state index in [1.165, 1.54) is 23.3 Å². The third-order valence-corrected chi connectivity index (χ3v) is 6.06. The summed E-state index contributed by atoms with van der Waals surface area (Å²) in [6, 6.07) is 8.38. The van der Waals surface area contributed by atoms with Crippen LogP contribution in [0, 0.1) is 12.7 Å². The highest BCUT2D eigenvalue weighted by molar-refractivity contribution is 5.89. The van der Waals surface area contributed by atoms with Crippen molar-refractivity contribution in [3.8, 4) is 0 Å². The number of carbonyl (C=O) groups is 1. The maximum atomic E-state index is 14.6. The highest BCUT2D eigenvalue weighted by Gasteiger charge is 2.37. The summed E-state index contributed by atoms with van der Waals surface area (Å²) in [4.78, 5) is 11.1. The van der Waals surface area contributed by atoms with Gasteiger partial charge in [0.2, 0.25) is 0 Å². The van der Waals surface area contributed by atoms with Crippen LogP contribution >= 0.6 is 0 Å². The molecule has 27 heavy (non-hydrogen) atoms. The minimum Gasteiger partial charge on any atom is -0.478 e. The highest BCUT2D eigenvalue weighted by Crippen LogP contribution is 2.47. The van der Waals surface area contributed by atoms with Crippen LogP contribution in [0.1, 0.15) is 78.7 Å². The molecule has 2 aromatic rings. The van der Waals surface area contributed by atoms with Crippen molar-refractivity contribution in [1.82, 2.24) is 0 Å². The molecule has 0 unspecified atom stereocenters. The normalized spacial score (nSPS) is 17.3. The Balaban J connectivity index is 2.13. The van der Waals surface area contributed by atoms with Crippen LogP contribution in [0.2, 0.25) is 0 Å². The number of hydrogen-bond acceptors (Lipinski definition) is 1. The lowest BCUT2D eigenvalue weighted by atomic mass is 9.62. The molecule has 0 radical (unpaired) electrons. The van der Waals surface area contributed by atoms with E-state index < -0.39 is 11.8 Å². The quantitative estimate of drug-likeness (QED) is 0.698. The molecular formula is C24H27FO2. The van der Waals surface area contributed by atoms with Crippen molar-refractivity contribution in [2.75, 3.05) is 0 Å². The Morgan fingerprint density at radius 3 is 2.07 bits per heavy atom. The first-order valence-corrected chi connectivity index (χ1v) is 9.32. The summed E-state index contributed by atoms with van der Waals surface area (Å²) < 4.78 is 14.6. The maximum absolute atomic E-state index is 14.6. The molecule has 3 heteroatoms. The van der Waals surface area contributed by atoms with Crippen LogP contribution in [0.4, 0.5) is 4.39 Å². The Hall–Kier alpha value is -2.42. The van der Waals surface area contributed by atoms with E-state index in [0.717, 1.165) is 30.0 Å². The fraction of sp³-hybridized carbons (Fsp3) is 0.375. The van der Waals surface area contributed by atoms with Crippen LogP contribution in [0.3, 0.4) is 0 Å². The molecule has 1 N–H and O–H groups in total. The third-order valence-electron chi connectivity index (χ3n) is 6.06. The molecule has 0 amide bonds. The Morgan fingerprint density at radius 2 is 1.56 bits per heavy atom. The average molecular weight is 366 g/mol. The summed E-state index contributed by atoms with van der Waals surface area (Å²) in [7, 11) is 0. The van der Waals surface area contributed by atoms with E-state index in [-0.39, 0.29) is 16.4 Å². The van der Waals surface area contributed by atoms with Crippen LogP contribution in [-0.2, 0) is 10.8 Å². The SMILES string of the molecule is C=C(c1cc2c(cc1C)C(C)(C)CCC2(C)C)c1ccc(C(=O)O)cc1F. The molecule has 0 atom stereocenters. The number of halogens is 1. The van der Waals surface area contributed by atoms with Crippen molar-refractivity contribution < 1.29 is 14.3 Å². The lowest BCUT2D eigenvalue weighted by molar-refractivity contribution is 0.0696. The molecule has 2 nitrogen and oxygen atoms in total. The van der Waals surface area contributed by atoms with Crippen LogP contribution < -0.4 is 0 Å². The summed E-state index contributed by atoms with van der Waals surface area (Å²) in [6.45, 7) is 15.2. The minimum atomic E-state index is -1.14. The largest absolute Gasteiger partial charge is 0.478 e. The molecule has 3 rings (SSSR count). The van der Waals surface area contributed by atoms with E-state index in [1.54, 1.807) is 0 Å². The minimum absolute atomic E-state index is 0.0549. The second-order valence-electron chi connectivity index (χ2n) is 8.96. The van der Waals surface area contributed by atoms with Gasteiger partial charge in [0.05, 0.1) is 5.56 Å². The van der Waals surface area contributed by atoms with E-state index in [0.29, 0.717) is 11.1 Å². The predicted octanol–water partition coefficient (Wildman–Crippen LogP) is 6.24. The smallest absolute Gasteiger partial charge is 0.335 e. The molecule has 1 aliphatic carbocycles. The first-order chi connectivity index (χ1) is 12.4. The van der Waals surface area contributed by atoms with Crippen molar-refractivity contribution in [3.05, 3.63) is 76.1 Å². The molecule has 1 aliphatic rings. The van der Waals surface area contributed by atoms with Gasteiger partial charge in [-0.25, -0.2) is 9.18 Å². The zero-order chi connectivity index (χ0) is 20.1. The fourth-order valence-electron chi connectivity index (χ4n) is 4.09. The second-order valence-corrected chi connectivity index (χ2v) is 8.96. The van der Waals surface area contributed by atoms with Gasteiger partial charge in [0.1, 0.15) is 5.82 Å². The number of carboxylic acid groups (broad SMARTS) is 1. The van der Waals surface area contributed by atoms with Gasteiger partial charge in [0.15, 0.2) is 0 Å². The van der Waals surface area contributed by atoms with Crippen LogP contribution in [0.25, 0.3) is 5.57 Å². The van der Waals surface area contributed by atoms with Crippen molar-refractivity contribution in [3.63, 3.8) is 0 Å². The molecule has 0 fully saturated rings. The lowest BCUT2D eigenvalue weighted by Gasteiger charge is -2.42. The summed E-state index contributed by atoms with van der Waals surface area (Å²) in [5, 5.41) is 9.05. The topological polar surface area (TPSA) is 37.3 Å². The third kappa shape index (κ3) is 3.31. The first kappa shape index (κ1) is 19.3. The lowest BCUT2D eigenvalue weighted by Crippen LogP contribution is -2.34. The number of fused-ring (bicyclic) bond motifs is 1. The molecule has 0 aliphatic heterocycles. The summed E-state index contributed by atoms with van der Waals surface area (Å²) >= 11 is 0. The highest BCUT2D eigenvalue weighted by atomic mass is 19.1. The molecule has 0 saturated carbocycles. The number of carboxylic acids is 1. The van der Waals surface area contributed by atoms with Crippen molar-refractivity contribution >= 4 is 11.5 Å². The summed E-state index contributed by atoms with van der Waals surface area (Å²) in [5.74, 6) is -1.70. The Morgan fingerprint density at radius 1 is 1.00 bits per heavy atom. The Bertz CT molecular complexity index is 951. The molecule has 2 aromatic carbocycles. The van der Waals surface area contributed by atoms with E-state index in [4.69, 9.17) is 5.11 Å². The van der Waals surface area contributed by atoms with Gasteiger partial charge in [-0.3, -0.25) is 0 Å². The van der Waals surface area contributed by atoms with E-state index in [9.17, 15) is 9.18 Å². The van der Waals surface area contributed by atoms with Crippen molar-refractivity contribution in [2.24, 2.45) is 0 Å². The second kappa shape index (κ2) is 6.33. The number of benzene rings is 2. The van der Waals surface area contributed by atoms with Crippen molar-refractivity contribution in [1.29, 1.82) is 0 Å². The van der Waals surface area contributed by atoms with Crippen LogP contribution in [0.15, 0.2) is 36.9 Å². The predicted molar refractivity (Wildman–Crippen MR) is 108 cm³/mol. The number of aromatic carboxylic acids is 1.